The van der Waals surface area contributed by atoms with E-state index in [0.717, 1.165) is 16.8 Å². The molecule has 1 heterocycles. The fourth-order valence-electron chi connectivity index (χ4n) is 2.39. The van der Waals surface area contributed by atoms with E-state index < -0.39 is 12.0 Å². The number of nitrogens with one attached hydrogen (secondary N) is 1. The molecule has 2 aromatic carbocycles. The van der Waals surface area contributed by atoms with Gasteiger partial charge in [-0.15, -0.1) is 11.3 Å². The molecule has 0 bridgehead atoms. The summed E-state index contributed by atoms with van der Waals surface area (Å²) in [7, 11) is 0. The quantitative estimate of drug-likeness (QED) is 0.707. The molecule has 3 rings (SSSR count). The van der Waals surface area contributed by atoms with Gasteiger partial charge >= 0.3 is 5.97 Å². The van der Waals surface area contributed by atoms with Gasteiger partial charge in [0.15, 0.2) is 5.13 Å². The van der Waals surface area contributed by atoms with E-state index in [-0.39, 0.29) is 0 Å². The first-order valence-corrected chi connectivity index (χ1v) is 8.53. The summed E-state index contributed by atoms with van der Waals surface area (Å²) in [5.41, 5.74) is 3.18. The number of aliphatic carboxylic acids is 1. The first-order valence-electron chi connectivity index (χ1n) is 7.65. The highest BCUT2D eigenvalue weighted by Crippen LogP contribution is 2.26. The monoisotopic (exact) mass is 349 g/mol. The molecule has 0 unspecified atom stereocenters. The Morgan fingerprint density at radius 2 is 1.92 bits per heavy atom. The Balaban J connectivity index is 1.74. The molecule has 0 radical (unpaired) electrons. The Kier molecular flexibility index (Phi) is 5.07. The third kappa shape index (κ3) is 4.22. The molecule has 0 saturated carbocycles. The van der Waals surface area contributed by atoms with Gasteiger partial charge in [-0.05, 0) is 17.7 Å². The summed E-state index contributed by atoms with van der Waals surface area (Å²) in [6, 6.07) is 17.9. The first-order chi connectivity index (χ1) is 12.2. The Morgan fingerprint density at radius 3 is 2.56 bits per heavy atom. The number of rotatable bonds is 6. The number of thiazole rings is 1. The van der Waals surface area contributed by atoms with Gasteiger partial charge in [0.2, 0.25) is 0 Å². The fourth-order valence-corrected chi connectivity index (χ4v) is 3.16. The van der Waals surface area contributed by atoms with Crippen LogP contribution < -0.4 is 5.32 Å². The SMILES string of the molecule is N#Cc1ccc(-c2csc(N[C@H](Cc3ccccc3)C(=O)O)n2)cc1. The van der Waals surface area contributed by atoms with Crippen molar-refractivity contribution in [1.82, 2.24) is 4.98 Å². The minimum Gasteiger partial charge on any atom is -0.480 e. The number of nitriles is 1. The number of carbonyl (C=O) groups is 1. The second-order valence-electron chi connectivity index (χ2n) is 5.45. The fraction of sp³-hybridized carbons (Fsp3) is 0.105. The van der Waals surface area contributed by atoms with Gasteiger partial charge in [-0.3, -0.25) is 0 Å². The summed E-state index contributed by atoms with van der Waals surface area (Å²) in [6.45, 7) is 0. The van der Waals surface area contributed by atoms with Crippen LogP contribution in [0.3, 0.4) is 0 Å². The molecule has 2 N–H and O–H groups in total. The van der Waals surface area contributed by atoms with E-state index in [1.807, 2.05) is 47.8 Å². The zero-order valence-electron chi connectivity index (χ0n) is 13.2. The van der Waals surface area contributed by atoms with Crippen LogP contribution in [0.2, 0.25) is 0 Å². The van der Waals surface area contributed by atoms with E-state index in [4.69, 9.17) is 5.26 Å². The average Bonchev–Trinajstić information content (AvgIpc) is 3.10. The van der Waals surface area contributed by atoms with Crippen molar-refractivity contribution in [2.75, 3.05) is 5.32 Å². The van der Waals surface area contributed by atoms with Crippen molar-refractivity contribution in [2.45, 2.75) is 12.5 Å². The van der Waals surface area contributed by atoms with Crippen LogP contribution in [-0.2, 0) is 11.2 Å². The molecule has 0 aliphatic rings. The molecule has 0 fully saturated rings. The Morgan fingerprint density at radius 1 is 1.20 bits per heavy atom. The van der Waals surface area contributed by atoms with Crippen molar-refractivity contribution in [1.29, 1.82) is 5.26 Å². The Labute approximate surface area is 149 Å². The lowest BCUT2D eigenvalue weighted by Gasteiger charge is -2.13. The van der Waals surface area contributed by atoms with Crippen molar-refractivity contribution in [3.63, 3.8) is 0 Å². The van der Waals surface area contributed by atoms with Gasteiger partial charge in [-0.1, -0.05) is 42.5 Å². The van der Waals surface area contributed by atoms with E-state index in [1.165, 1.54) is 11.3 Å². The lowest BCUT2D eigenvalue weighted by Crippen LogP contribution is -2.31. The van der Waals surface area contributed by atoms with Crippen LogP contribution in [0.4, 0.5) is 5.13 Å². The lowest BCUT2D eigenvalue weighted by atomic mass is 10.1. The van der Waals surface area contributed by atoms with Gasteiger partial charge in [0, 0.05) is 17.4 Å². The molecule has 0 aliphatic carbocycles. The second-order valence-corrected chi connectivity index (χ2v) is 6.31. The average molecular weight is 349 g/mol. The Bertz CT molecular complexity index is 898. The first kappa shape index (κ1) is 16.7. The highest BCUT2D eigenvalue weighted by Gasteiger charge is 2.19. The zero-order valence-corrected chi connectivity index (χ0v) is 14.0. The molecule has 0 amide bonds. The Hall–Kier alpha value is -3.17. The van der Waals surface area contributed by atoms with Crippen LogP contribution in [0.15, 0.2) is 60.0 Å². The molecule has 1 aromatic heterocycles. The molecule has 0 saturated heterocycles. The minimum absolute atomic E-state index is 0.377. The summed E-state index contributed by atoms with van der Waals surface area (Å²) in [6.07, 6.45) is 0.377. The molecule has 124 valence electrons. The molecule has 0 spiro atoms. The van der Waals surface area contributed by atoms with Gasteiger partial charge in [0.1, 0.15) is 6.04 Å². The van der Waals surface area contributed by atoms with Crippen LogP contribution >= 0.6 is 11.3 Å². The van der Waals surface area contributed by atoms with Crippen molar-refractivity contribution in [2.24, 2.45) is 0 Å². The van der Waals surface area contributed by atoms with Crippen LogP contribution in [0, 0.1) is 11.3 Å². The van der Waals surface area contributed by atoms with Gasteiger partial charge in [0.05, 0.1) is 17.3 Å². The van der Waals surface area contributed by atoms with Crippen molar-refractivity contribution in [3.05, 3.63) is 71.1 Å². The smallest absolute Gasteiger partial charge is 0.326 e. The maximum Gasteiger partial charge on any atom is 0.326 e. The summed E-state index contributed by atoms with van der Waals surface area (Å²) < 4.78 is 0. The lowest BCUT2D eigenvalue weighted by molar-refractivity contribution is -0.137. The zero-order chi connectivity index (χ0) is 17.6. The summed E-state index contributed by atoms with van der Waals surface area (Å²) in [5, 5.41) is 23.7. The number of hydrogen-bond donors (Lipinski definition) is 2. The van der Waals surface area contributed by atoms with E-state index in [0.29, 0.717) is 17.1 Å². The van der Waals surface area contributed by atoms with E-state index in [2.05, 4.69) is 16.4 Å². The molecule has 5 nitrogen and oxygen atoms in total. The number of carboxylic acids is 1. The summed E-state index contributed by atoms with van der Waals surface area (Å²) in [5.74, 6) is -0.918. The van der Waals surface area contributed by atoms with E-state index >= 15 is 0 Å². The standard InChI is InChI=1S/C19H15N3O2S/c20-11-14-6-8-15(9-7-14)17-12-25-19(22-17)21-16(18(23)24)10-13-4-2-1-3-5-13/h1-9,12,16H,10H2,(H,21,22)(H,23,24)/t16-/m1/s1. The van der Waals surface area contributed by atoms with Crippen LogP contribution in [0.25, 0.3) is 11.3 Å². The van der Waals surface area contributed by atoms with Gasteiger partial charge in [0.25, 0.3) is 0 Å². The third-order valence-corrected chi connectivity index (χ3v) is 4.47. The van der Waals surface area contributed by atoms with Crippen LogP contribution in [0.5, 0.6) is 0 Å². The van der Waals surface area contributed by atoms with Crippen LogP contribution in [0.1, 0.15) is 11.1 Å². The van der Waals surface area contributed by atoms with Crippen LogP contribution in [-0.4, -0.2) is 22.1 Å². The maximum absolute atomic E-state index is 11.5. The highest BCUT2D eigenvalue weighted by molar-refractivity contribution is 7.14. The molecule has 1 atom stereocenters. The predicted octanol–water partition coefficient (Wildman–Crippen LogP) is 3.79. The van der Waals surface area contributed by atoms with Crippen molar-refractivity contribution < 1.29 is 9.90 Å². The molecular formula is C19H15N3O2S. The number of carboxylic acid groups (broad SMARTS) is 1. The predicted molar refractivity (Wildman–Crippen MR) is 97.5 cm³/mol. The van der Waals surface area contributed by atoms with Crippen molar-refractivity contribution >= 4 is 22.4 Å². The highest BCUT2D eigenvalue weighted by atomic mass is 32.1. The number of benzene rings is 2. The van der Waals surface area contributed by atoms with E-state index in [9.17, 15) is 9.90 Å². The normalized spacial score (nSPS) is 11.5. The number of anilines is 1. The number of hydrogen-bond acceptors (Lipinski definition) is 5. The number of aromatic nitrogens is 1. The topological polar surface area (TPSA) is 86.0 Å². The molecular weight excluding hydrogens is 334 g/mol. The summed E-state index contributed by atoms with van der Waals surface area (Å²) >= 11 is 1.36. The maximum atomic E-state index is 11.5. The molecule has 6 heteroatoms. The molecule has 0 aliphatic heterocycles. The second kappa shape index (κ2) is 7.60. The number of nitrogens with zero attached hydrogens (tertiary/aromatic N) is 2. The van der Waals surface area contributed by atoms with E-state index in [1.54, 1.807) is 12.1 Å². The largest absolute Gasteiger partial charge is 0.480 e. The molecule has 3 aromatic rings. The summed E-state index contributed by atoms with van der Waals surface area (Å²) in [4.78, 5) is 16.0. The van der Waals surface area contributed by atoms with Gasteiger partial charge in [-0.25, -0.2) is 9.78 Å². The third-order valence-electron chi connectivity index (χ3n) is 3.69. The van der Waals surface area contributed by atoms with Crippen molar-refractivity contribution in [3.8, 4) is 17.3 Å². The molecule has 25 heavy (non-hydrogen) atoms. The van der Waals surface area contributed by atoms with Gasteiger partial charge in [-0.2, -0.15) is 5.26 Å². The minimum atomic E-state index is -0.918. The van der Waals surface area contributed by atoms with Gasteiger partial charge < -0.3 is 10.4 Å².